The van der Waals surface area contributed by atoms with Crippen LogP contribution in [-0.4, -0.2) is 31.0 Å². The minimum absolute atomic E-state index is 0.134. The first-order valence-corrected chi connectivity index (χ1v) is 8.35. The first kappa shape index (κ1) is 19.8. The molecule has 4 amide bonds. The standard InChI is InChI=1S/C19H22N4O4/c1-13-3-2-4-15(11-13)23-19(26)21-12-18(25)22-14-5-7-16(8-6-14)27-10-9-17(20)24/h2-8,11H,9-10,12H2,1H3,(H2,20,24)(H,22,25)(H2,21,23,26). The first-order chi connectivity index (χ1) is 12.9. The Morgan fingerprint density at radius 3 is 2.41 bits per heavy atom. The third-order valence-corrected chi connectivity index (χ3v) is 3.44. The highest BCUT2D eigenvalue weighted by Crippen LogP contribution is 2.15. The Labute approximate surface area is 157 Å². The number of aryl methyl sites for hydroxylation is 1. The first-order valence-electron chi connectivity index (χ1n) is 8.35. The highest BCUT2D eigenvalue weighted by Gasteiger charge is 2.07. The van der Waals surface area contributed by atoms with Crippen LogP contribution >= 0.6 is 0 Å². The molecule has 0 aliphatic rings. The molecule has 0 aromatic heterocycles. The number of benzene rings is 2. The Bertz CT molecular complexity index is 806. The summed E-state index contributed by atoms with van der Waals surface area (Å²) in [5.74, 6) is -0.237. The minimum atomic E-state index is -0.464. The summed E-state index contributed by atoms with van der Waals surface area (Å²) in [5, 5.41) is 7.81. The van der Waals surface area contributed by atoms with E-state index in [0.29, 0.717) is 17.1 Å². The maximum Gasteiger partial charge on any atom is 0.319 e. The number of ether oxygens (including phenoxy) is 1. The Kier molecular flexibility index (Phi) is 7.18. The zero-order valence-electron chi connectivity index (χ0n) is 15.0. The lowest BCUT2D eigenvalue weighted by Gasteiger charge is -2.10. The van der Waals surface area contributed by atoms with E-state index in [9.17, 15) is 14.4 Å². The van der Waals surface area contributed by atoms with Crippen molar-refractivity contribution in [1.29, 1.82) is 0 Å². The Balaban J connectivity index is 1.73. The van der Waals surface area contributed by atoms with Crippen LogP contribution in [0.3, 0.4) is 0 Å². The van der Waals surface area contributed by atoms with E-state index in [4.69, 9.17) is 10.5 Å². The number of nitrogens with two attached hydrogens (primary N) is 1. The molecule has 0 aliphatic heterocycles. The highest BCUT2D eigenvalue weighted by atomic mass is 16.5. The average molecular weight is 370 g/mol. The fourth-order valence-corrected chi connectivity index (χ4v) is 2.17. The summed E-state index contributed by atoms with van der Waals surface area (Å²) in [4.78, 5) is 34.4. The molecule has 0 saturated heterocycles. The molecule has 0 radical (unpaired) electrons. The van der Waals surface area contributed by atoms with Crippen LogP contribution in [0.4, 0.5) is 16.2 Å². The molecule has 142 valence electrons. The van der Waals surface area contributed by atoms with Gasteiger partial charge < -0.3 is 26.4 Å². The van der Waals surface area contributed by atoms with Crippen molar-refractivity contribution in [2.75, 3.05) is 23.8 Å². The number of primary amides is 1. The number of hydrogen-bond donors (Lipinski definition) is 4. The predicted octanol–water partition coefficient (Wildman–Crippen LogP) is 2.01. The molecule has 27 heavy (non-hydrogen) atoms. The summed E-state index contributed by atoms with van der Waals surface area (Å²) < 4.78 is 5.34. The van der Waals surface area contributed by atoms with Gasteiger partial charge in [-0.1, -0.05) is 12.1 Å². The van der Waals surface area contributed by atoms with Gasteiger partial charge in [0.2, 0.25) is 11.8 Å². The number of urea groups is 1. The van der Waals surface area contributed by atoms with E-state index >= 15 is 0 Å². The lowest BCUT2D eigenvalue weighted by atomic mass is 10.2. The summed E-state index contributed by atoms with van der Waals surface area (Å²) in [6, 6.07) is 13.5. The summed E-state index contributed by atoms with van der Waals surface area (Å²) in [5.41, 5.74) is 7.27. The van der Waals surface area contributed by atoms with Crippen molar-refractivity contribution in [3.8, 4) is 5.75 Å². The second kappa shape index (κ2) is 9.81. The van der Waals surface area contributed by atoms with Gasteiger partial charge in [-0.15, -0.1) is 0 Å². The zero-order chi connectivity index (χ0) is 19.6. The fraction of sp³-hybridized carbons (Fsp3) is 0.211. The Hall–Kier alpha value is -3.55. The molecule has 0 spiro atoms. The largest absolute Gasteiger partial charge is 0.493 e. The molecule has 5 N–H and O–H groups in total. The molecule has 0 heterocycles. The van der Waals surface area contributed by atoms with E-state index in [-0.39, 0.29) is 25.5 Å². The van der Waals surface area contributed by atoms with Gasteiger partial charge in [0.25, 0.3) is 0 Å². The second-order valence-corrected chi connectivity index (χ2v) is 5.81. The van der Waals surface area contributed by atoms with E-state index in [1.54, 1.807) is 30.3 Å². The number of nitrogens with one attached hydrogen (secondary N) is 3. The van der Waals surface area contributed by atoms with Crippen molar-refractivity contribution in [3.63, 3.8) is 0 Å². The molecule has 8 nitrogen and oxygen atoms in total. The number of anilines is 2. The normalized spacial score (nSPS) is 9.96. The Morgan fingerprint density at radius 2 is 1.74 bits per heavy atom. The third kappa shape index (κ3) is 7.47. The van der Waals surface area contributed by atoms with Gasteiger partial charge in [0.15, 0.2) is 0 Å². The quantitative estimate of drug-likeness (QED) is 0.567. The third-order valence-electron chi connectivity index (χ3n) is 3.44. The van der Waals surface area contributed by atoms with Gasteiger partial charge in [0, 0.05) is 11.4 Å². The fourth-order valence-electron chi connectivity index (χ4n) is 2.17. The van der Waals surface area contributed by atoms with Crippen molar-refractivity contribution >= 4 is 29.2 Å². The average Bonchev–Trinajstić information content (AvgIpc) is 2.61. The molecular weight excluding hydrogens is 348 g/mol. The molecular formula is C19H22N4O4. The van der Waals surface area contributed by atoms with E-state index in [0.717, 1.165) is 5.56 Å². The summed E-state index contributed by atoms with van der Waals surface area (Å²) in [6.07, 6.45) is 0.134. The Morgan fingerprint density at radius 1 is 1.00 bits per heavy atom. The second-order valence-electron chi connectivity index (χ2n) is 5.81. The van der Waals surface area contributed by atoms with Crippen LogP contribution in [0.25, 0.3) is 0 Å². The topological polar surface area (TPSA) is 123 Å². The van der Waals surface area contributed by atoms with Crippen molar-refractivity contribution in [3.05, 3.63) is 54.1 Å². The van der Waals surface area contributed by atoms with Crippen molar-refractivity contribution in [2.45, 2.75) is 13.3 Å². The molecule has 8 heteroatoms. The van der Waals surface area contributed by atoms with Gasteiger partial charge in [-0.2, -0.15) is 0 Å². The van der Waals surface area contributed by atoms with Gasteiger partial charge in [0.1, 0.15) is 5.75 Å². The van der Waals surface area contributed by atoms with Gasteiger partial charge in [0.05, 0.1) is 19.6 Å². The predicted molar refractivity (Wildman–Crippen MR) is 103 cm³/mol. The summed E-state index contributed by atoms with van der Waals surface area (Å²) in [7, 11) is 0. The van der Waals surface area contributed by atoms with Crippen LogP contribution in [-0.2, 0) is 9.59 Å². The van der Waals surface area contributed by atoms with Gasteiger partial charge in [-0.25, -0.2) is 4.79 Å². The van der Waals surface area contributed by atoms with E-state index in [1.807, 2.05) is 25.1 Å². The van der Waals surface area contributed by atoms with Crippen molar-refractivity contribution < 1.29 is 19.1 Å². The van der Waals surface area contributed by atoms with Crippen LogP contribution < -0.4 is 26.4 Å². The van der Waals surface area contributed by atoms with Gasteiger partial charge >= 0.3 is 6.03 Å². The van der Waals surface area contributed by atoms with Crippen LogP contribution in [0.15, 0.2) is 48.5 Å². The number of amides is 4. The number of carbonyl (C=O) groups is 3. The lowest BCUT2D eigenvalue weighted by molar-refractivity contribution is -0.118. The molecule has 2 aromatic carbocycles. The highest BCUT2D eigenvalue weighted by molar-refractivity contribution is 5.96. The van der Waals surface area contributed by atoms with Gasteiger partial charge in [-0.05, 0) is 48.9 Å². The molecule has 0 saturated carbocycles. The van der Waals surface area contributed by atoms with E-state index in [1.165, 1.54) is 0 Å². The summed E-state index contributed by atoms with van der Waals surface area (Å²) >= 11 is 0. The molecule has 2 aromatic rings. The molecule has 0 atom stereocenters. The van der Waals surface area contributed by atoms with Crippen molar-refractivity contribution in [2.24, 2.45) is 5.73 Å². The molecule has 0 unspecified atom stereocenters. The molecule has 0 bridgehead atoms. The SMILES string of the molecule is Cc1cccc(NC(=O)NCC(=O)Nc2ccc(OCCC(N)=O)cc2)c1. The number of carbonyl (C=O) groups excluding carboxylic acids is 3. The smallest absolute Gasteiger partial charge is 0.319 e. The lowest BCUT2D eigenvalue weighted by Crippen LogP contribution is -2.35. The molecule has 0 fully saturated rings. The van der Waals surface area contributed by atoms with Gasteiger partial charge in [-0.3, -0.25) is 9.59 Å². The zero-order valence-corrected chi connectivity index (χ0v) is 15.0. The minimum Gasteiger partial charge on any atom is -0.493 e. The monoisotopic (exact) mass is 370 g/mol. The molecule has 2 rings (SSSR count). The van der Waals surface area contributed by atoms with Crippen LogP contribution in [0, 0.1) is 6.92 Å². The van der Waals surface area contributed by atoms with Crippen LogP contribution in [0.1, 0.15) is 12.0 Å². The van der Waals surface area contributed by atoms with Crippen LogP contribution in [0.5, 0.6) is 5.75 Å². The van der Waals surface area contributed by atoms with Crippen molar-refractivity contribution in [1.82, 2.24) is 5.32 Å². The maximum atomic E-state index is 11.9. The number of hydrogen-bond acceptors (Lipinski definition) is 4. The van der Waals surface area contributed by atoms with E-state index in [2.05, 4.69) is 16.0 Å². The van der Waals surface area contributed by atoms with E-state index < -0.39 is 11.9 Å². The molecule has 0 aliphatic carbocycles. The summed E-state index contributed by atoms with van der Waals surface area (Å²) in [6.45, 7) is 1.94. The number of rotatable bonds is 8. The van der Waals surface area contributed by atoms with Crippen LogP contribution in [0.2, 0.25) is 0 Å². The maximum absolute atomic E-state index is 11.9.